The molecule has 0 amide bonds. The molecular formula is C25H27F3N6S3. The summed E-state index contributed by atoms with van der Waals surface area (Å²) >= 11 is 8.44. The van der Waals surface area contributed by atoms with Crippen molar-refractivity contribution in [3.8, 4) is 10.6 Å². The summed E-state index contributed by atoms with van der Waals surface area (Å²) in [5.74, 6) is 0.940. The average molecular weight is 565 g/mol. The number of hydrogen-bond acceptors (Lipinski definition) is 8. The van der Waals surface area contributed by atoms with Gasteiger partial charge in [0.15, 0.2) is 0 Å². The van der Waals surface area contributed by atoms with E-state index in [-0.39, 0.29) is 11.6 Å². The molecule has 4 heterocycles. The van der Waals surface area contributed by atoms with E-state index in [2.05, 4.69) is 38.5 Å². The van der Waals surface area contributed by atoms with Gasteiger partial charge in [-0.05, 0) is 36.2 Å². The number of aryl methyl sites for hydroxylation is 1. The van der Waals surface area contributed by atoms with Crippen LogP contribution in [0.25, 0.3) is 10.6 Å². The molecule has 1 fully saturated rings. The summed E-state index contributed by atoms with van der Waals surface area (Å²) in [7, 11) is 1.91. The van der Waals surface area contributed by atoms with E-state index in [9.17, 15) is 13.2 Å². The number of alkyl halides is 3. The molecule has 0 saturated carbocycles. The number of nitrogens with zero attached hydrogens (tertiary/aromatic N) is 4. The van der Waals surface area contributed by atoms with Crippen LogP contribution in [0.2, 0.25) is 0 Å². The standard InChI is InChI=1S/C25H27F3N6S3/c1-3-15-12-16(34-8-6-29-7-9-34)4-5-18(15)31-24-30-14-17(25(26,27)28)21(32-24)19-13-20-22(37-19)23(35)33(2)10-11-36-20/h4-5,12-14,29H,3,6-11H2,1-2H3,(H,30,31,32). The lowest BCUT2D eigenvalue weighted by atomic mass is 10.1. The zero-order valence-electron chi connectivity index (χ0n) is 20.5. The quantitative estimate of drug-likeness (QED) is 0.386. The van der Waals surface area contributed by atoms with E-state index in [4.69, 9.17) is 12.2 Å². The summed E-state index contributed by atoms with van der Waals surface area (Å²) < 4.78 is 41.9. The van der Waals surface area contributed by atoms with Gasteiger partial charge >= 0.3 is 6.18 Å². The SMILES string of the molecule is CCc1cc(N2CCNCC2)ccc1Nc1ncc(C(F)(F)F)c(-c2cc3c(s2)C(=S)N(C)CCS3)n1. The highest BCUT2D eigenvalue weighted by Gasteiger charge is 2.36. The van der Waals surface area contributed by atoms with Crippen LogP contribution in [0.15, 0.2) is 35.4 Å². The van der Waals surface area contributed by atoms with Crippen LogP contribution >= 0.6 is 35.3 Å². The minimum Gasteiger partial charge on any atom is -0.369 e. The zero-order valence-corrected chi connectivity index (χ0v) is 22.9. The normalized spacial score (nSPS) is 16.5. The first kappa shape index (κ1) is 26.2. The van der Waals surface area contributed by atoms with Crippen LogP contribution in [0.3, 0.4) is 0 Å². The predicted octanol–water partition coefficient (Wildman–Crippen LogP) is 5.65. The van der Waals surface area contributed by atoms with Crippen molar-refractivity contribution >= 4 is 57.6 Å². The van der Waals surface area contributed by atoms with Gasteiger partial charge in [-0.3, -0.25) is 0 Å². The fourth-order valence-electron chi connectivity index (χ4n) is 4.39. The van der Waals surface area contributed by atoms with Crippen molar-refractivity contribution in [3.63, 3.8) is 0 Å². The Hall–Kier alpha value is -2.41. The van der Waals surface area contributed by atoms with Crippen LogP contribution < -0.4 is 15.5 Å². The topological polar surface area (TPSA) is 56.3 Å². The Morgan fingerprint density at radius 2 is 1.95 bits per heavy atom. The van der Waals surface area contributed by atoms with Crippen molar-refractivity contribution in [1.82, 2.24) is 20.2 Å². The van der Waals surface area contributed by atoms with Crippen LogP contribution in [-0.4, -0.2) is 65.4 Å². The highest BCUT2D eigenvalue weighted by molar-refractivity contribution is 7.99. The van der Waals surface area contributed by atoms with Crippen LogP contribution in [0.1, 0.15) is 22.9 Å². The molecule has 0 bridgehead atoms. The fraction of sp³-hybridized carbons (Fsp3) is 0.400. The maximum absolute atomic E-state index is 14.0. The zero-order chi connectivity index (χ0) is 26.2. The molecule has 6 nitrogen and oxygen atoms in total. The number of piperazine rings is 1. The highest BCUT2D eigenvalue weighted by atomic mass is 32.2. The molecule has 12 heteroatoms. The molecule has 37 heavy (non-hydrogen) atoms. The summed E-state index contributed by atoms with van der Waals surface area (Å²) in [4.78, 5) is 15.5. The number of aromatic nitrogens is 2. The molecule has 3 aromatic rings. The van der Waals surface area contributed by atoms with Crippen molar-refractivity contribution in [3.05, 3.63) is 46.5 Å². The molecule has 2 aliphatic rings. The van der Waals surface area contributed by atoms with Crippen molar-refractivity contribution in [1.29, 1.82) is 0 Å². The number of fused-ring (bicyclic) bond motifs is 1. The second-order valence-corrected chi connectivity index (χ2v) is 11.5. The maximum Gasteiger partial charge on any atom is 0.420 e. The van der Waals surface area contributed by atoms with E-state index in [1.165, 1.54) is 11.3 Å². The molecular weight excluding hydrogens is 538 g/mol. The third-order valence-corrected chi connectivity index (χ3v) is 9.39. The Labute approximate surface area is 227 Å². The van der Waals surface area contributed by atoms with Gasteiger partial charge in [-0.1, -0.05) is 19.1 Å². The smallest absolute Gasteiger partial charge is 0.369 e. The lowest BCUT2D eigenvalue weighted by molar-refractivity contribution is -0.137. The Morgan fingerprint density at radius 3 is 2.68 bits per heavy atom. The van der Waals surface area contributed by atoms with E-state index in [0.29, 0.717) is 9.87 Å². The molecule has 5 rings (SSSR count). The number of thiocarbonyl (C=S) groups is 1. The van der Waals surface area contributed by atoms with Gasteiger partial charge in [-0.15, -0.1) is 23.1 Å². The number of benzene rings is 1. The van der Waals surface area contributed by atoms with Gasteiger partial charge in [0.05, 0.1) is 15.4 Å². The molecule has 2 N–H and O–H groups in total. The van der Waals surface area contributed by atoms with Crippen LogP contribution in [-0.2, 0) is 12.6 Å². The summed E-state index contributed by atoms with van der Waals surface area (Å²) in [6, 6.07) is 7.89. The number of thiophene rings is 1. The van der Waals surface area contributed by atoms with Gasteiger partial charge in [-0.2, -0.15) is 13.2 Å². The van der Waals surface area contributed by atoms with Crippen LogP contribution in [0.4, 0.5) is 30.5 Å². The lowest BCUT2D eigenvalue weighted by Crippen LogP contribution is -2.43. The van der Waals surface area contributed by atoms with Crippen molar-refractivity contribution in [2.75, 3.05) is 55.7 Å². The summed E-state index contributed by atoms with van der Waals surface area (Å²) in [5.41, 5.74) is 1.98. The van der Waals surface area contributed by atoms with Crippen molar-refractivity contribution in [2.24, 2.45) is 0 Å². The molecule has 2 aliphatic heterocycles. The first-order valence-electron chi connectivity index (χ1n) is 12.1. The minimum atomic E-state index is -4.58. The van der Waals surface area contributed by atoms with E-state index in [0.717, 1.165) is 77.8 Å². The predicted molar refractivity (Wildman–Crippen MR) is 150 cm³/mol. The summed E-state index contributed by atoms with van der Waals surface area (Å²) in [6.45, 7) is 6.60. The van der Waals surface area contributed by atoms with E-state index in [1.807, 2.05) is 24.1 Å². The summed E-state index contributed by atoms with van der Waals surface area (Å²) in [6.07, 6.45) is -2.96. The van der Waals surface area contributed by atoms with Gasteiger partial charge in [0.2, 0.25) is 5.95 Å². The first-order valence-corrected chi connectivity index (χ1v) is 14.3. The molecule has 196 valence electrons. The van der Waals surface area contributed by atoms with Gasteiger partial charge in [0.25, 0.3) is 0 Å². The number of thioether (sulfide) groups is 1. The van der Waals surface area contributed by atoms with E-state index < -0.39 is 11.7 Å². The van der Waals surface area contributed by atoms with Crippen molar-refractivity contribution < 1.29 is 13.2 Å². The van der Waals surface area contributed by atoms with Gasteiger partial charge in [0.1, 0.15) is 10.6 Å². The van der Waals surface area contributed by atoms with Gasteiger partial charge in [0, 0.05) is 68.0 Å². The lowest BCUT2D eigenvalue weighted by Gasteiger charge is -2.30. The minimum absolute atomic E-state index is 0.128. The van der Waals surface area contributed by atoms with Crippen LogP contribution in [0.5, 0.6) is 0 Å². The second-order valence-electron chi connectivity index (χ2n) is 8.89. The van der Waals surface area contributed by atoms with Gasteiger partial charge in [-0.25, -0.2) is 9.97 Å². The molecule has 0 radical (unpaired) electrons. The van der Waals surface area contributed by atoms with Crippen LogP contribution in [0, 0.1) is 0 Å². The third-order valence-electron chi connectivity index (χ3n) is 6.45. The monoisotopic (exact) mass is 564 g/mol. The molecule has 1 aromatic carbocycles. The first-order chi connectivity index (χ1) is 17.7. The maximum atomic E-state index is 14.0. The highest BCUT2D eigenvalue weighted by Crippen LogP contribution is 2.43. The number of nitrogens with one attached hydrogen (secondary N) is 2. The molecule has 0 spiro atoms. The van der Waals surface area contributed by atoms with Gasteiger partial charge < -0.3 is 20.4 Å². The number of rotatable bonds is 5. The largest absolute Gasteiger partial charge is 0.420 e. The molecule has 0 aliphatic carbocycles. The third kappa shape index (κ3) is 5.57. The Morgan fingerprint density at radius 1 is 1.16 bits per heavy atom. The number of halogens is 3. The molecule has 2 aromatic heterocycles. The number of anilines is 3. The van der Waals surface area contributed by atoms with E-state index >= 15 is 0 Å². The summed E-state index contributed by atoms with van der Waals surface area (Å²) in [5, 5.41) is 6.53. The average Bonchev–Trinajstić information content (AvgIpc) is 3.27. The fourth-order valence-corrected chi connectivity index (χ4v) is 7.22. The second kappa shape index (κ2) is 10.8. The Bertz CT molecular complexity index is 1300. The van der Waals surface area contributed by atoms with E-state index in [1.54, 1.807) is 17.8 Å². The number of hydrogen-bond donors (Lipinski definition) is 2. The Balaban J connectivity index is 1.50. The van der Waals surface area contributed by atoms with Crippen molar-refractivity contribution in [2.45, 2.75) is 24.4 Å². The molecule has 0 atom stereocenters. The molecule has 1 saturated heterocycles. The molecule has 0 unspecified atom stereocenters. The Kier molecular flexibility index (Phi) is 7.62.